The molecule has 1 rings (SSSR count). The fourth-order valence-electron chi connectivity index (χ4n) is 0.712. The molecule has 0 heterocycles. The van der Waals surface area contributed by atoms with Crippen LogP contribution in [-0.4, -0.2) is 57.3 Å². The zero-order chi connectivity index (χ0) is 8.10. The van der Waals surface area contributed by atoms with Crippen molar-refractivity contribution in [3.8, 4) is 6.19 Å². The molecular formula is C8H6KN2O. The van der Waals surface area contributed by atoms with Crippen LogP contribution in [0.15, 0.2) is 30.3 Å². The molecule has 0 saturated carbocycles. The first-order valence-electron chi connectivity index (χ1n) is 3.09. The predicted molar refractivity (Wildman–Crippen MR) is 45.3 cm³/mol. The van der Waals surface area contributed by atoms with Gasteiger partial charge in [0.15, 0.2) is 6.19 Å². The van der Waals surface area contributed by atoms with E-state index in [1.165, 1.54) is 0 Å². The number of carbonyl (C=O) groups is 1. The van der Waals surface area contributed by atoms with E-state index in [4.69, 9.17) is 5.26 Å². The summed E-state index contributed by atoms with van der Waals surface area (Å²) in [5.74, 6) is -0.367. The van der Waals surface area contributed by atoms with Crippen LogP contribution in [0.4, 0.5) is 0 Å². The zero-order valence-electron chi connectivity index (χ0n) is 6.74. The van der Waals surface area contributed by atoms with Crippen molar-refractivity contribution >= 4 is 57.3 Å². The van der Waals surface area contributed by atoms with Crippen LogP contribution in [0.1, 0.15) is 10.4 Å². The van der Waals surface area contributed by atoms with Gasteiger partial charge in [0.05, 0.1) is 0 Å². The van der Waals surface area contributed by atoms with Gasteiger partial charge in [0.1, 0.15) is 0 Å². The van der Waals surface area contributed by atoms with Crippen LogP contribution in [0, 0.1) is 11.5 Å². The molecule has 1 radical (unpaired) electrons. The number of carbonyl (C=O) groups excluding carboxylic acids is 1. The third-order valence-electron chi connectivity index (χ3n) is 1.21. The molecule has 1 amide bonds. The fourth-order valence-corrected chi connectivity index (χ4v) is 0.712. The van der Waals surface area contributed by atoms with E-state index in [-0.39, 0.29) is 57.3 Å². The van der Waals surface area contributed by atoms with E-state index in [0.29, 0.717) is 5.56 Å². The second-order valence-corrected chi connectivity index (χ2v) is 1.93. The predicted octanol–water partition coefficient (Wildman–Crippen LogP) is 0.517. The van der Waals surface area contributed by atoms with Gasteiger partial charge in [-0.3, -0.25) is 10.1 Å². The van der Waals surface area contributed by atoms with Crippen molar-refractivity contribution in [1.82, 2.24) is 5.32 Å². The molecule has 0 unspecified atom stereocenters. The summed E-state index contributed by atoms with van der Waals surface area (Å²) in [6, 6.07) is 8.58. The summed E-state index contributed by atoms with van der Waals surface area (Å²) in [4.78, 5) is 10.9. The Kier molecular flexibility index (Phi) is 6.25. The van der Waals surface area contributed by atoms with Crippen LogP contribution in [0.2, 0.25) is 0 Å². The zero-order valence-corrected chi connectivity index (χ0v) is 9.87. The van der Waals surface area contributed by atoms with Crippen LogP contribution in [0.3, 0.4) is 0 Å². The van der Waals surface area contributed by atoms with E-state index in [1.807, 2.05) is 11.4 Å². The van der Waals surface area contributed by atoms with Crippen LogP contribution < -0.4 is 5.32 Å². The third-order valence-corrected chi connectivity index (χ3v) is 1.21. The van der Waals surface area contributed by atoms with Crippen molar-refractivity contribution in [1.29, 1.82) is 5.26 Å². The number of hydrogen-bond donors (Lipinski definition) is 1. The van der Waals surface area contributed by atoms with Gasteiger partial charge in [-0.2, -0.15) is 5.26 Å². The van der Waals surface area contributed by atoms with Crippen molar-refractivity contribution in [3.63, 3.8) is 0 Å². The molecule has 55 valence electrons. The fraction of sp³-hybridized carbons (Fsp3) is 0. The number of rotatable bonds is 1. The molecule has 0 fully saturated rings. The minimum absolute atomic E-state index is 0. The first kappa shape index (κ1) is 11.8. The van der Waals surface area contributed by atoms with Crippen molar-refractivity contribution < 1.29 is 4.79 Å². The first-order chi connectivity index (χ1) is 5.34. The topological polar surface area (TPSA) is 52.9 Å². The van der Waals surface area contributed by atoms with Gasteiger partial charge < -0.3 is 0 Å². The molecule has 0 atom stereocenters. The Morgan fingerprint density at radius 3 is 2.42 bits per heavy atom. The summed E-state index contributed by atoms with van der Waals surface area (Å²) in [5, 5.41) is 10.1. The van der Waals surface area contributed by atoms with Crippen molar-refractivity contribution in [2.75, 3.05) is 0 Å². The Bertz CT molecular complexity index is 292. The molecule has 0 saturated heterocycles. The van der Waals surface area contributed by atoms with Crippen LogP contribution in [0.5, 0.6) is 0 Å². The molecule has 4 heteroatoms. The van der Waals surface area contributed by atoms with Gasteiger partial charge in [-0.25, -0.2) is 0 Å². The Morgan fingerprint density at radius 2 is 1.92 bits per heavy atom. The molecule has 0 aromatic heterocycles. The van der Waals surface area contributed by atoms with Crippen molar-refractivity contribution in [2.24, 2.45) is 0 Å². The number of amides is 1. The Morgan fingerprint density at radius 1 is 1.33 bits per heavy atom. The van der Waals surface area contributed by atoms with Crippen LogP contribution in [-0.2, 0) is 0 Å². The van der Waals surface area contributed by atoms with Gasteiger partial charge in [0.2, 0.25) is 0 Å². The molecule has 0 spiro atoms. The van der Waals surface area contributed by atoms with E-state index in [0.717, 1.165) is 0 Å². The van der Waals surface area contributed by atoms with Crippen molar-refractivity contribution in [3.05, 3.63) is 35.9 Å². The first-order valence-corrected chi connectivity index (χ1v) is 3.09. The Balaban J connectivity index is 0.00000121. The maximum Gasteiger partial charge on any atom is 0.264 e. The number of hydrogen-bond acceptors (Lipinski definition) is 2. The average molecular weight is 185 g/mol. The second kappa shape index (κ2) is 6.35. The third kappa shape index (κ3) is 3.48. The normalized spacial score (nSPS) is 7.58. The molecule has 1 aromatic carbocycles. The summed E-state index contributed by atoms with van der Waals surface area (Å²) in [6.07, 6.45) is 1.57. The quantitative estimate of drug-likeness (QED) is 0.394. The standard InChI is InChI=1S/C8H6N2O.K/c9-6-10-8(11)7-4-2-1-3-5-7;/h1-5H,(H,10,11);. The smallest absolute Gasteiger partial charge is 0.264 e. The Hall–Kier alpha value is -0.184. The van der Waals surface area contributed by atoms with Gasteiger partial charge in [0.25, 0.3) is 5.91 Å². The second-order valence-electron chi connectivity index (χ2n) is 1.93. The molecule has 0 aliphatic rings. The van der Waals surface area contributed by atoms with Gasteiger partial charge >= 0.3 is 0 Å². The van der Waals surface area contributed by atoms with E-state index in [2.05, 4.69) is 0 Å². The maximum atomic E-state index is 10.9. The molecule has 0 aliphatic heterocycles. The molecule has 0 aliphatic carbocycles. The number of benzene rings is 1. The van der Waals surface area contributed by atoms with E-state index in [1.54, 1.807) is 30.5 Å². The van der Waals surface area contributed by atoms with Gasteiger partial charge in [0, 0.05) is 56.9 Å². The molecule has 1 N–H and O–H groups in total. The maximum absolute atomic E-state index is 10.9. The molecule has 3 nitrogen and oxygen atoms in total. The van der Waals surface area contributed by atoms with Crippen LogP contribution in [0.25, 0.3) is 0 Å². The Labute approximate surface area is 113 Å². The SMILES string of the molecule is N#CNC(=O)c1ccccc1.[K]. The van der Waals surface area contributed by atoms with E-state index >= 15 is 0 Å². The summed E-state index contributed by atoms with van der Waals surface area (Å²) < 4.78 is 0. The molecular weight excluding hydrogens is 179 g/mol. The number of nitriles is 1. The molecule has 1 aromatic rings. The molecule has 12 heavy (non-hydrogen) atoms. The summed E-state index contributed by atoms with van der Waals surface area (Å²) in [7, 11) is 0. The van der Waals surface area contributed by atoms with Gasteiger partial charge in [-0.15, -0.1) is 0 Å². The summed E-state index contributed by atoms with van der Waals surface area (Å²) >= 11 is 0. The average Bonchev–Trinajstić information content (AvgIpc) is 2.07. The van der Waals surface area contributed by atoms with Crippen molar-refractivity contribution in [2.45, 2.75) is 0 Å². The van der Waals surface area contributed by atoms with Gasteiger partial charge in [-0.1, -0.05) is 18.2 Å². The monoisotopic (exact) mass is 185 g/mol. The van der Waals surface area contributed by atoms with E-state index in [9.17, 15) is 4.79 Å². The summed E-state index contributed by atoms with van der Waals surface area (Å²) in [5.41, 5.74) is 0.494. The van der Waals surface area contributed by atoms with Gasteiger partial charge in [-0.05, 0) is 12.1 Å². The minimum Gasteiger partial charge on any atom is -0.268 e. The summed E-state index contributed by atoms with van der Waals surface area (Å²) in [6.45, 7) is 0. The van der Waals surface area contributed by atoms with E-state index < -0.39 is 0 Å². The molecule has 0 bridgehead atoms. The minimum atomic E-state index is -0.367. The number of nitrogens with zero attached hydrogens (tertiary/aromatic N) is 1. The number of nitrogens with one attached hydrogen (secondary N) is 1. The largest absolute Gasteiger partial charge is 0.268 e. The van der Waals surface area contributed by atoms with Crippen LogP contribution >= 0.6 is 0 Å².